The Kier molecular flexibility index (Phi) is 3.90. The number of hydrogen-bond acceptors (Lipinski definition) is 4. The molecule has 1 amide bonds. The molecule has 1 aliphatic rings. The van der Waals surface area contributed by atoms with Crippen molar-refractivity contribution < 1.29 is 9.53 Å². The maximum absolute atomic E-state index is 11.6. The number of likely N-dealkylation sites (tertiary alicyclic amines) is 1. The lowest BCUT2D eigenvalue weighted by atomic mass is 10.1. The largest absolute Gasteiger partial charge is 0.471 e. The van der Waals surface area contributed by atoms with Crippen LogP contribution in [-0.2, 0) is 4.79 Å². The van der Waals surface area contributed by atoms with Gasteiger partial charge < -0.3 is 9.64 Å². The molecule has 1 aliphatic heterocycles. The number of piperidine rings is 1. The third kappa shape index (κ3) is 3.15. The molecule has 1 aromatic rings. The number of ether oxygens (including phenoxy) is 1. The highest BCUT2D eigenvalue weighted by molar-refractivity contribution is 5.75. The summed E-state index contributed by atoms with van der Waals surface area (Å²) in [5.74, 6) is 0.723. The van der Waals surface area contributed by atoms with Crippen molar-refractivity contribution in [3.63, 3.8) is 0 Å². The zero-order valence-electron chi connectivity index (χ0n) is 10.0. The molecule has 0 N–H and O–H groups in total. The van der Waals surface area contributed by atoms with E-state index < -0.39 is 0 Å². The third-order valence-corrected chi connectivity index (χ3v) is 2.86. The molecule has 2 rings (SSSR count). The van der Waals surface area contributed by atoms with Crippen LogP contribution in [0.25, 0.3) is 0 Å². The van der Waals surface area contributed by atoms with Gasteiger partial charge in [-0.3, -0.25) is 9.78 Å². The molecule has 2 heterocycles. The van der Waals surface area contributed by atoms with Crippen LogP contribution in [0.1, 0.15) is 26.2 Å². The van der Waals surface area contributed by atoms with E-state index >= 15 is 0 Å². The average molecular weight is 235 g/mol. The van der Waals surface area contributed by atoms with E-state index in [0.717, 1.165) is 19.4 Å². The Bertz CT molecular complexity index is 369. The zero-order chi connectivity index (χ0) is 12.1. The first-order chi connectivity index (χ1) is 8.29. The van der Waals surface area contributed by atoms with Crippen molar-refractivity contribution in [2.24, 2.45) is 0 Å². The smallest absolute Gasteiger partial charge is 0.232 e. The van der Waals surface area contributed by atoms with Crippen molar-refractivity contribution >= 4 is 5.91 Å². The minimum Gasteiger partial charge on any atom is -0.471 e. The molecule has 17 heavy (non-hydrogen) atoms. The van der Waals surface area contributed by atoms with E-state index in [9.17, 15) is 4.79 Å². The summed E-state index contributed by atoms with van der Waals surface area (Å²) in [6, 6.07) is 0. The van der Waals surface area contributed by atoms with Crippen molar-refractivity contribution in [2.45, 2.75) is 32.3 Å². The lowest BCUT2D eigenvalue weighted by molar-refractivity contribution is -0.133. The van der Waals surface area contributed by atoms with Crippen molar-refractivity contribution in [1.29, 1.82) is 0 Å². The van der Waals surface area contributed by atoms with Gasteiger partial charge in [0.2, 0.25) is 11.8 Å². The molecule has 5 nitrogen and oxygen atoms in total. The normalized spacial score (nSPS) is 20.1. The van der Waals surface area contributed by atoms with Gasteiger partial charge in [0.15, 0.2) is 0 Å². The van der Waals surface area contributed by atoms with Gasteiger partial charge in [-0.25, -0.2) is 4.98 Å². The van der Waals surface area contributed by atoms with E-state index in [1.54, 1.807) is 18.6 Å². The summed E-state index contributed by atoms with van der Waals surface area (Å²) in [6.07, 6.45) is 7.35. The second-order valence-electron chi connectivity index (χ2n) is 4.12. The maximum atomic E-state index is 11.6. The van der Waals surface area contributed by atoms with E-state index in [0.29, 0.717) is 18.8 Å². The summed E-state index contributed by atoms with van der Waals surface area (Å²) in [5, 5.41) is 0. The van der Waals surface area contributed by atoms with Crippen LogP contribution in [0, 0.1) is 0 Å². The van der Waals surface area contributed by atoms with Gasteiger partial charge in [0.25, 0.3) is 0 Å². The van der Waals surface area contributed by atoms with Crippen molar-refractivity contribution in [3.8, 4) is 5.88 Å². The number of hydrogen-bond donors (Lipinski definition) is 0. The summed E-state index contributed by atoms with van der Waals surface area (Å²) >= 11 is 0. The van der Waals surface area contributed by atoms with Gasteiger partial charge in [-0.15, -0.1) is 0 Å². The lowest BCUT2D eigenvalue weighted by Gasteiger charge is -2.32. The summed E-state index contributed by atoms with van der Waals surface area (Å²) < 4.78 is 5.71. The van der Waals surface area contributed by atoms with E-state index in [1.165, 1.54) is 0 Å². The van der Waals surface area contributed by atoms with E-state index in [4.69, 9.17) is 4.74 Å². The summed E-state index contributed by atoms with van der Waals surface area (Å²) in [5.41, 5.74) is 0. The number of rotatable bonds is 3. The SMILES string of the molecule is CCC(=O)N1CCCC(Oc2cnccn2)C1. The van der Waals surface area contributed by atoms with Gasteiger partial charge in [-0.1, -0.05) is 6.92 Å². The fraction of sp³-hybridized carbons (Fsp3) is 0.583. The van der Waals surface area contributed by atoms with E-state index in [2.05, 4.69) is 9.97 Å². The standard InChI is InChI=1S/C12H17N3O2/c1-2-12(16)15-7-3-4-10(9-15)17-11-8-13-5-6-14-11/h5-6,8,10H,2-4,7,9H2,1H3. The van der Waals surface area contributed by atoms with Gasteiger partial charge in [-0.2, -0.15) is 0 Å². The van der Waals surface area contributed by atoms with Crippen molar-refractivity contribution in [3.05, 3.63) is 18.6 Å². The highest BCUT2D eigenvalue weighted by atomic mass is 16.5. The van der Waals surface area contributed by atoms with E-state index in [1.807, 2.05) is 11.8 Å². The Labute approximate surface area is 101 Å². The molecule has 1 atom stereocenters. The molecule has 5 heteroatoms. The molecule has 92 valence electrons. The topological polar surface area (TPSA) is 55.3 Å². The highest BCUT2D eigenvalue weighted by Gasteiger charge is 2.24. The number of amides is 1. The Hall–Kier alpha value is -1.65. The highest BCUT2D eigenvalue weighted by Crippen LogP contribution is 2.16. The zero-order valence-corrected chi connectivity index (χ0v) is 10.0. The minimum atomic E-state index is 0.0379. The first-order valence-corrected chi connectivity index (χ1v) is 6.00. The Morgan fingerprint density at radius 3 is 3.18 bits per heavy atom. The Morgan fingerprint density at radius 2 is 2.47 bits per heavy atom. The average Bonchev–Trinajstić information content (AvgIpc) is 2.39. The quantitative estimate of drug-likeness (QED) is 0.791. The lowest BCUT2D eigenvalue weighted by Crippen LogP contribution is -2.44. The van der Waals surface area contributed by atoms with Gasteiger partial charge in [0.1, 0.15) is 6.10 Å². The molecule has 1 aromatic heterocycles. The first-order valence-electron chi connectivity index (χ1n) is 6.00. The molecule has 0 aliphatic carbocycles. The molecule has 0 radical (unpaired) electrons. The predicted octanol–water partition coefficient (Wildman–Crippen LogP) is 1.26. The molecule has 1 unspecified atom stereocenters. The van der Waals surface area contributed by atoms with Crippen LogP contribution in [0.4, 0.5) is 0 Å². The minimum absolute atomic E-state index is 0.0379. The second-order valence-corrected chi connectivity index (χ2v) is 4.12. The van der Waals surface area contributed by atoms with Crippen LogP contribution in [-0.4, -0.2) is 40.0 Å². The summed E-state index contributed by atoms with van der Waals surface area (Å²) in [7, 11) is 0. The van der Waals surface area contributed by atoms with Crippen LogP contribution in [0.3, 0.4) is 0 Å². The molecule has 0 saturated carbocycles. The van der Waals surface area contributed by atoms with Gasteiger partial charge in [0, 0.05) is 25.4 Å². The number of aromatic nitrogens is 2. The fourth-order valence-corrected chi connectivity index (χ4v) is 2.00. The fourth-order valence-electron chi connectivity index (χ4n) is 2.00. The van der Waals surface area contributed by atoms with Crippen LogP contribution in [0.2, 0.25) is 0 Å². The molecule has 1 saturated heterocycles. The molecule has 0 bridgehead atoms. The summed E-state index contributed by atoms with van der Waals surface area (Å²) in [4.78, 5) is 21.5. The third-order valence-electron chi connectivity index (χ3n) is 2.86. The van der Waals surface area contributed by atoms with Crippen LogP contribution in [0.5, 0.6) is 5.88 Å². The number of carbonyl (C=O) groups is 1. The summed E-state index contributed by atoms with van der Waals surface area (Å²) in [6.45, 7) is 3.38. The molecule has 1 fully saturated rings. The molecule has 0 spiro atoms. The number of nitrogens with zero attached hydrogens (tertiary/aromatic N) is 3. The maximum Gasteiger partial charge on any atom is 0.232 e. The predicted molar refractivity (Wildman–Crippen MR) is 62.6 cm³/mol. The molecule has 0 aromatic carbocycles. The van der Waals surface area contributed by atoms with Gasteiger partial charge >= 0.3 is 0 Å². The van der Waals surface area contributed by atoms with Crippen LogP contribution < -0.4 is 4.74 Å². The van der Waals surface area contributed by atoms with Crippen molar-refractivity contribution in [2.75, 3.05) is 13.1 Å². The Balaban J connectivity index is 1.92. The van der Waals surface area contributed by atoms with Crippen molar-refractivity contribution in [1.82, 2.24) is 14.9 Å². The van der Waals surface area contributed by atoms with Gasteiger partial charge in [-0.05, 0) is 12.8 Å². The van der Waals surface area contributed by atoms with Gasteiger partial charge in [0.05, 0.1) is 12.7 Å². The molecular weight excluding hydrogens is 218 g/mol. The molecular formula is C12H17N3O2. The van der Waals surface area contributed by atoms with Crippen LogP contribution in [0.15, 0.2) is 18.6 Å². The van der Waals surface area contributed by atoms with E-state index in [-0.39, 0.29) is 12.0 Å². The second kappa shape index (κ2) is 5.61. The monoisotopic (exact) mass is 235 g/mol. The Morgan fingerprint density at radius 1 is 1.59 bits per heavy atom. The van der Waals surface area contributed by atoms with Crippen LogP contribution >= 0.6 is 0 Å². The number of carbonyl (C=O) groups excluding carboxylic acids is 1. The first kappa shape index (κ1) is 11.8.